The summed E-state index contributed by atoms with van der Waals surface area (Å²) < 4.78 is 16.0. The summed E-state index contributed by atoms with van der Waals surface area (Å²) in [6.45, 7) is 8.39. The number of halogens is 1. The van der Waals surface area contributed by atoms with E-state index < -0.39 is 5.82 Å². The highest BCUT2D eigenvalue weighted by Crippen LogP contribution is 2.27. The first kappa shape index (κ1) is 23.2. The number of carbonyl (C=O) groups is 1. The Morgan fingerprint density at radius 2 is 1.97 bits per heavy atom. The van der Waals surface area contributed by atoms with Crippen LogP contribution in [0.4, 0.5) is 10.1 Å². The zero-order valence-electron chi connectivity index (χ0n) is 18.1. The van der Waals surface area contributed by atoms with E-state index in [9.17, 15) is 9.18 Å². The molecule has 1 aromatic heterocycles. The number of nitrogens with zero attached hydrogens (tertiary/aromatic N) is 5. The van der Waals surface area contributed by atoms with Gasteiger partial charge in [-0.25, -0.2) is 4.39 Å². The van der Waals surface area contributed by atoms with Crippen molar-refractivity contribution in [3.63, 3.8) is 0 Å². The van der Waals surface area contributed by atoms with Crippen LogP contribution in [0.15, 0.2) is 60.3 Å². The molecule has 3 aromatic rings. The van der Waals surface area contributed by atoms with E-state index in [4.69, 9.17) is 5.26 Å². The number of hydrogen-bond donors (Lipinski definition) is 0. The van der Waals surface area contributed by atoms with Gasteiger partial charge in [0.1, 0.15) is 5.82 Å². The fourth-order valence-corrected chi connectivity index (χ4v) is 4.23. The second kappa shape index (κ2) is 10.7. The average Bonchev–Trinajstić information content (AvgIpc) is 3.15. The van der Waals surface area contributed by atoms with Gasteiger partial charge < -0.3 is 4.90 Å². The molecule has 0 radical (unpaired) electrons. The number of aromatic nitrogens is 3. The summed E-state index contributed by atoms with van der Waals surface area (Å²) in [6, 6.07) is 14.4. The van der Waals surface area contributed by atoms with E-state index in [0.717, 1.165) is 16.8 Å². The van der Waals surface area contributed by atoms with Crippen molar-refractivity contribution in [3.8, 4) is 17.5 Å². The Labute approximate surface area is 191 Å². The SMILES string of the molecule is C=CCn1c(SCC(=O)N(CCC#N)c2cc(C)cc(C)c2)nnc1-c1ccccc1F. The molecule has 0 N–H and O–H groups in total. The van der Waals surface area contributed by atoms with Crippen molar-refractivity contribution in [3.05, 3.63) is 72.1 Å². The molecule has 1 heterocycles. The van der Waals surface area contributed by atoms with E-state index in [-0.39, 0.29) is 18.1 Å². The molecule has 0 unspecified atom stereocenters. The molecular formula is C24H24FN5OS. The Bertz CT molecular complexity index is 1150. The van der Waals surface area contributed by atoms with Gasteiger partial charge in [0.2, 0.25) is 5.91 Å². The van der Waals surface area contributed by atoms with Gasteiger partial charge in [-0.05, 0) is 49.2 Å². The van der Waals surface area contributed by atoms with Crippen molar-refractivity contribution in [1.82, 2.24) is 14.8 Å². The Morgan fingerprint density at radius 1 is 1.25 bits per heavy atom. The molecule has 0 fully saturated rings. The lowest BCUT2D eigenvalue weighted by atomic mass is 10.1. The topological polar surface area (TPSA) is 74.8 Å². The third-order valence-electron chi connectivity index (χ3n) is 4.73. The Kier molecular flexibility index (Phi) is 7.79. The fraction of sp³-hybridized carbons (Fsp3) is 0.250. The number of rotatable bonds is 9. The van der Waals surface area contributed by atoms with E-state index in [1.807, 2.05) is 32.0 Å². The molecule has 164 valence electrons. The van der Waals surface area contributed by atoms with E-state index in [1.54, 1.807) is 33.7 Å². The zero-order valence-corrected chi connectivity index (χ0v) is 18.9. The lowest BCUT2D eigenvalue weighted by Gasteiger charge is -2.22. The third kappa shape index (κ3) is 5.42. The van der Waals surface area contributed by atoms with Crippen LogP contribution in [0.2, 0.25) is 0 Å². The standard InChI is InChI=1S/C24H24FN5OS/c1-4-11-30-23(20-8-5-6-9-21(20)25)27-28-24(30)32-16-22(31)29(12-7-10-26)19-14-17(2)13-18(3)15-19/h4-6,8-9,13-15H,1,7,11-12,16H2,2-3H3. The summed E-state index contributed by atoms with van der Waals surface area (Å²) >= 11 is 1.23. The van der Waals surface area contributed by atoms with Crippen LogP contribution in [0.25, 0.3) is 11.4 Å². The molecule has 32 heavy (non-hydrogen) atoms. The summed E-state index contributed by atoms with van der Waals surface area (Å²) in [5.41, 5.74) is 3.19. The first-order valence-electron chi connectivity index (χ1n) is 10.1. The number of carbonyl (C=O) groups excluding carboxylic acids is 1. The van der Waals surface area contributed by atoms with Crippen LogP contribution in [0.5, 0.6) is 0 Å². The number of hydrogen-bond acceptors (Lipinski definition) is 5. The van der Waals surface area contributed by atoms with Crippen LogP contribution < -0.4 is 4.90 Å². The molecule has 0 aliphatic rings. The van der Waals surface area contributed by atoms with Crippen LogP contribution in [0, 0.1) is 31.0 Å². The van der Waals surface area contributed by atoms with Gasteiger partial charge in [0.15, 0.2) is 11.0 Å². The molecule has 0 saturated carbocycles. The second-order valence-corrected chi connectivity index (χ2v) is 8.22. The summed E-state index contributed by atoms with van der Waals surface area (Å²) in [7, 11) is 0. The number of aryl methyl sites for hydroxylation is 2. The Balaban J connectivity index is 1.84. The van der Waals surface area contributed by atoms with Gasteiger partial charge in [0.05, 0.1) is 23.8 Å². The van der Waals surface area contributed by atoms with E-state index >= 15 is 0 Å². The maximum absolute atomic E-state index is 14.3. The highest BCUT2D eigenvalue weighted by atomic mass is 32.2. The van der Waals surface area contributed by atoms with E-state index in [0.29, 0.717) is 29.6 Å². The smallest absolute Gasteiger partial charge is 0.237 e. The molecule has 0 aliphatic heterocycles. The molecule has 8 heteroatoms. The van der Waals surface area contributed by atoms with Crippen LogP contribution >= 0.6 is 11.8 Å². The maximum atomic E-state index is 14.3. The largest absolute Gasteiger partial charge is 0.311 e. The molecule has 6 nitrogen and oxygen atoms in total. The number of thioether (sulfide) groups is 1. The normalized spacial score (nSPS) is 10.6. The minimum absolute atomic E-state index is 0.102. The minimum Gasteiger partial charge on any atom is -0.311 e. The third-order valence-corrected chi connectivity index (χ3v) is 5.69. The van der Waals surface area contributed by atoms with Gasteiger partial charge in [0, 0.05) is 18.8 Å². The monoisotopic (exact) mass is 449 g/mol. The number of anilines is 1. The fourth-order valence-electron chi connectivity index (χ4n) is 3.40. The first-order chi connectivity index (χ1) is 15.4. The van der Waals surface area contributed by atoms with Gasteiger partial charge >= 0.3 is 0 Å². The number of nitriles is 1. The highest BCUT2D eigenvalue weighted by molar-refractivity contribution is 7.99. The molecule has 0 atom stereocenters. The summed E-state index contributed by atoms with van der Waals surface area (Å²) in [6.07, 6.45) is 1.90. The van der Waals surface area contributed by atoms with Gasteiger partial charge in [-0.2, -0.15) is 5.26 Å². The zero-order chi connectivity index (χ0) is 23.1. The molecule has 1 amide bonds. The van der Waals surface area contributed by atoms with Gasteiger partial charge in [-0.3, -0.25) is 9.36 Å². The molecule has 0 saturated heterocycles. The van der Waals surface area contributed by atoms with Crippen LogP contribution in [0.3, 0.4) is 0 Å². The van der Waals surface area contributed by atoms with Crippen LogP contribution in [-0.4, -0.2) is 33.0 Å². The first-order valence-corrected chi connectivity index (χ1v) is 11.1. The molecule has 0 spiro atoms. The second-order valence-electron chi connectivity index (χ2n) is 7.27. The van der Waals surface area contributed by atoms with Gasteiger partial charge in [-0.1, -0.05) is 36.0 Å². The summed E-state index contributed by atoms with van der Waals surface area (Å²) in [4.78, 5) is 14.7. The average molecular weight is 450 g/mol. The molecule has 3 rings (SSSR count). The van der Waals surface area contributed by atoms with Crippen LogP contribution in [-0.2, 0) is 11.3 Å². The van der Waals surface area contributed by atoms with Crippen molar-refractivity contribution >= 4 is 23.4 Å². The molecule has 0 bridgehead atoms. The van der Waals surface area contributed by atoms with E-state index in [1.165, 1.54) is 17.8 Å². The van der Waals surface area contributed by atoms with Crippen LogP contribution in [0.1, 0.15) is 17.5 Å². The van der Waals surface area contributed by atoms with Crippen molar-refractivity contribution in [1.29, 1.82) is 5.26 Å². The van der Waals surface area contributed by atoms with Gasteiger partial charge in [0.25, 0.3) is 0 Å². The van der Waals surface area contributed by atoms with Crippen molar-refractivity contribution in [2.75, 3.05) is 17.2 Å². The molecular weight excluding hydrogens is 425 g/mol. The van der Waals surface area contributed by atoms with Crippen molar-refractivity contribution < 1.29 is 9.18 Å². The Hall–Kier alpha value is -3.44. The lowest BCUT2D eigenvalue weighted by Crippen LogP contribution is -2.33. The predicted molar refractivity (Wildman–Crippen MR) is 125 cm³/mol. The quantitative estimate of drug-likeness (QED) is 0.342. The number of amides is 1. The molecule has 2 aromatic carbocycles. The minimum atomic E-state index is -0.393. The highest BCUT2D eigenvalue weighted by Gasteiger charge is 2.20. The number of allylic oxidation sites excluding steroid dienone is 1. The van der Waals surface area contributed by atoms with Crippen molar-refractivity contribution in [2.24, 2.45) is 0 Å². The summed E-state index contributed by atoms with van der Waals surface area (Å²) in [5, 5.41) is 17.9. The van der Waals surface area contributed by atoms with E-state index in [2.05, 4.69) is 22.8 Å². The Morgan fingerprint density at radius 3 is 2.62 bits per heavy atom. The summed E-state index contributed by atoms with van der Waals surface area (Å²) in [5.74, 6) is -0.0508. The van der Waals surface area contributed by atoms with Gasteiger partial charge in [-0.15, -0.1) is 16.8 Å². The van der Waals surface area contributed by atoms with Crippen molar-refractivity contribution in [2.45, 2.75) is 32.0 Å². The maximum Gasteiger partial charge on any atom is 0.237 e. The number of benzene rings is 2. The predicted octanol–water partition coefficient (Wildman–Crippen LogP) is 4.93. The molecule has 0 aliphatic carbocycles. The lowest BCUT2D eigenvalue weighted by molar-refractivity contribution is -0.116.